The molecule has 0 aliphatic rings. The summed E-state index contributed by atoms with van der Waals surface area (Å²) in [5.74, 6) is 0.404. The molecule has 1 N–H and O–H groups in total. The van der Waals surface area contributed by atoms with E-state index < -0.39 is 0 Å². The smallest absolute Gasteiger partial charge is 0.119 e. The normalized spacial score (nSPS) is 10.4. The van der Waals surface area contributed by atoms with Gasteiger partial charge >= 0.3 is 0 Å². The van der Waals surface area contributed by atoms with E-state index in [0.29, 0.717) is 5.75 Å². The van der Waals surface area contributed by atoms with E-state index in [4.69, 9.17) is 0 Å². The van der Waals surface area contributed by atoms with Crippen molar-refractivity contribution in [3.8, 4) is 5.75 Å². The van der Waals surface area contributed by atoms with Crippen LogP contribution in [0.2, 0.25) is 0 Å². The zero-order valence-electron chi connectivity index (χ0n) is 9.70. The average molecular weight is 212 g/mol. The van der Waals surface area contributed by atoms with Crippen LogP contribution in [0.5, 0.6) is 5.75 Å². The largest absolute Gasteiger partial charge is 0.508 e. The van der Waals surface area contributed by atoms with E-state index >= 15 is 0 Å². The topological polar surface area (TPSA) is 20.2 Å². The Hall–Kier alpha value is -1.76. The van der Waals surface area contributed by atoms with E-state index in [2.05, 4.69) is 18.2 Å². The maximum atomic E-state index is 9.93. The van der Waals surface area contributed by atoms with Gasteiger partial charge < -0.3 is 5.11 Å². The first-order chi connectivity index (χ1) is 7.66. The first-order valence-electron chi connectivity index (χ1n) is 5.50. The number of phenols is 1. The van der Waals surface area contributed by atoms with Crippen molar-refractivity contribution in [1.29, 1.82) is 0 Å². The molecule has 16 heavy (non-hydrogen) atoms. The van der Waals surface area contributed by atoms with Gasteiger partial charge in [0.1, 0.15) is 5.75 Å². The second-order valence-corrected chi connectivity index (χ2v) is 4.24. The van der Waals surface area contributed by atoms with E-state index in [1.165, 1.54) is 5.56 Å². The SMILES string of the molecule is Cc1cc(C)c(Cc2ccccc2)c(O)c1. The zero-order valence-corrected chi connectivity index (χ0v) is 9.70. The summed E-state index contributed by atoms with van der Waals surface area (Å²) in [4.78, 5) is 0. The Bertz CT molecular complexity index is 463. The molecule has 0 saturated heterocycles. The van der Waals surface area contributed by atoms with Crippen molar-refractivity contribution < 1.29 is 5.11 Å². The van der Waals surface area contributed by atoms with Crippen LogP contribution in [0.4, 0.5) is 0 Å². The van der Waals surface area contributed by atoms with Crippen LogP contribution in [0.1, 0.15) is 22.3 Å². The summed E-state index contributed by atoms with van der Waals surface area (Å²) in [6.07, 6.45) is 0.790. The van der Waals surface area contributed by atoms with Gasteiger partial charge in [0.25, 0.3) is 0 Å². The van der Waals surface area contributed by atoms with Crippen LogP contribution in [0.25, 0.3) is 0 Å². The van der Waals surface area contributed by atoms with Crippen LogP contribution in [-0.2, 0) is 6.42 Å². The van der Waals surface area contributed by atoms with E-state index in [9.17, 15) is 5.11 Å². The molecule has 0 aliphatic carbocycles. The monoisotopic (exact) mass is 212 g/mol. The Balaban J connectivity index is 2.35. The number of benzene rings is 2. The first-order valence-corrected chi connectivity index (χ1v) is 5.50. The van der Waals surface area contributed by atoms with Crippen molar-refractivity contribution in [2.45, 2.75) is 20.3 Å². The van der Waals surface area contributed by atoms with Crippen molar-refractivity contribution in [1.82, 2.24) is 0 Å². The Kier molecular flexibility index (Phi) is 2.95. The molecule has 0 amide bonds. The van der Waals surface area contributed by atoms with Crippen molar-refractivity contribution in [2.24, 2.45) is 0 Å². The quantitative estimate of drug-likeness (QED) is 0.806. The van der Waals surface area contributed by atoms with Crippen LogP contribution in [0.3, 0.4) is 0 Å². The highest BCUT2D eigenvalue weighted by Crippen LogP contribution is 2.25. The summed E-state index contributed by atoms with van der Waals surface area (Å²) >= 11 is 0. The molecule has 0 unspecified atom stereocenters. The lowest BCUT2D eigenvalue weighted by molar-refractivity contribution is 0.468. The molecule has 0 aliphatic heterocycles. The molecule has 0 saturated carbocycles. The van der Waals surface area contributed by atoms with Crippen LogP contribution >= 0.6 is 0 Å². The van der Waals surface area contributed by atoms with Gasteiger partial charge in [0, 0.05) is 12.0 Å². The van der Waals surface area contributed by atoms with Crippen molar-refractivity contribution in [3.05, 3.63) is 64.7 Å². The Morgan fingerprint density at radius 2 is 1.69 bits per heavy atom. The molecule has 82 valence electrons. The van der Waals surface area contributed by atoms with E-state index in [0.717, 1.165) is 23.1 Å². The van der Waals surface area contributed by atoms with Crippen molar-refractivity contribution in [2.75, 3.05) is 0 Å². The lowest BCUT2D eigenvalue weighted by Gasteiger charge is -2.09. The minimum Gasteiger partial charge on any atom is -0.508 e. The molecule has 0 spiro atoms. The van der Waals surface area contributed by atoms with Crippen LogP contribution in [0.15, 0.2) is 42.5 Å². The van der Waals surface area contributed by atoms with Gasteiger partial charge in [-0.15, -0.1) is 0 Å². The molecule has 0 fully saturated rings. The summed E-state index contributed by atoms with van der Waals surface area (Å²) in [5, 5.41) is 9.93. The van der Waals surface area contributed by atoms with Gasteiger partial charge in [-0.1, -0.05) is 36.4 Å². The fourth-order valence-corrected chi connectivity index (χ4v) is 2.01. The highest BCUT2D eigenvalue weighted by molar-refractivity contribution is 5.44. The van der Waals surface area contributed by atoms with Crippen LogP contribution < -0.4 is 0 Å². The van der Waals surface area contributed by atoms with Crippen LogP contribution in [0, 0.1) is 13.8 Å². The Morgan fingerprint density at radius 1 is 1.00 bits per heavy atom. The van der Waals surface area contributed by atoms with E-state index in [-0.39, 0.29) is 0 Å². The minimum absolute atomic E-state index is 0.404. The standard InChI is InChI=1S/C15H16O/c1-11-8-12(2)14(15(16)9-11)10-13-6-4-3-5-7-13/h3-9,16H,10H2,1-2H3. The number of rotatable bonds is 2. The van der Waals surface area contributed by atoms with Gasteiger partial charge in [0.05, 0.1) is 0 Å². The maximum Gasteiger partial charge on any atom is 0.119 e. The third kappa shape index (κ3) is 2.25. The summed E-state index contributed by atoms with van der Waals surface area (Å²) in [6, 6.07) is 14.2. The fourth-order valence-electron chi connectivity index (χ4n) is 2.01. The number of hydrogen-bond donors (Lipinski definition) is 1. The summed E-state index contributed by atoms with van der Waals surface area (Å²) in [6.45, 7) is 4.05. The molecule has 2 aromatic carbocycles. The van der Waals surface area contributed by atoms with Gasteiger partial charge in [-0.2, -0.15) is 0 Å². The third-order valence-electron chi connectivity index (χ3n) is 2.82. The van der Waals surface area contributed by atoms with E-state index in [1.54, 1.807) is 0 Å². The Labute approximate surface area is 96.4 Å². The molecular weight excluding hydrogens is 196 g/mol. The molecule has 0 radical (unpaired) electrons. The van der Waals surface area contributed by atoms with E-state index in [1.807, 2.05) is 38.1 Å². The van der Waals surface area contributed by atoms with Gasteiger partial charge in [-0.05, 0) is 36.6 Å². The highest BCUT2D eigenvalue weighted by Gasteiger charge is 2.06. The highest BCUT2D eigenvalue weighted by atomic mass is 16.3. The number of aryl methyl sites for hydroxylation is 2. The maximum absolute atomic E-state index is 9.93. The van der Waals surface area contributed by atoms with Gasteiger partial charge in [-0.3, -0.25) is 0 Å². The zero-order chi connectivity index (χ0) is 11.5. The van der Waals surface area contributed by atoms with Crippen molar-refractivity contribution >= 4 is 0 Å². The summed E-state index contributed by atoms with van der Waals surface area (Å²) < 4.78 is 0. The second kappa shape index (κ2) is 4.40. The molecule has 0 bridgehead atoms. The predicted octanol–water partition coefficient (Wildman–Crippen LogP) is 3.60. The molecule has 1 heteroatoms. The van der Waals surface area contributed by atoms with Gasteiger partial charge in [0.2, 0.25) is 0 Å². The third-order valence-corrected chi connectivity index (χ3v) is 2.82. The lowest BCUT2D eigenvalue weighted by atomic mass is 9.98. The molecular formula is C15H16O. The molecule has 2 rings (SSSR count). The average Bonchev–Trinajstić information content (AvgIpc) is 2.25. The molecule has 1 nitrogen and oxygen atoms in total. The molecule has 0 aromatic heterocycles. The van der Waals surface area contributed by atoms with Crippen LogP contribution in [-0.4, -0.2) is 5.11 Å². The minimum atomic E-state index is 0.404. The lowest BCUT2D eigenvalue weighted by Crippen LogP contribution is -1.93. The summed E-state index contributed by atoms with van der Waals surface area (Å²) in [5.41, 5.74) is 4.51. The van der Waals surface area contributed by atoms with Crippen molar-refractivity contribution in [3.63, 3.8) is 0 Å². The second-order valence-electron chi connectivity index (χ2n) is 4.24. The molecule has 0 heterocycles. The van der Waals surface area contributed by atoms with Gasteiger partial charge in [-0.25, -0.2) is 0 Å². The Morgan fingerprint density at radius 3 is 2.31 bits per heavy atom. The fraction of sp³-hybridized carbons (Fsp3) is 0.200. The van der Waals surface area contributed by atoms with Gasteiger partial charge in [0.15, 0.2) is 0 Å². The number of phenolic OH excluding ortho intramolecular Hbond substituents is 1. The summed E-state index contributed by atoms with van der Waals surface area (Å²) in [7, 11) is 0. The number of aromatic hydroxyl groups is 1. The molecule has 2 aromatic rings. The molecule has 0 atom stereocenters. The predicted molar refractivity (Wildman–Crippen MR) is 66.8 cm³/mol. The first kappa shape index (κ1) is 10.7. The number of hydrogen-bond acceptors (Lipinski definition) is 1.